The van der Waals surface area contributed by atoms with Gasteiger partial charge in [0.2, 0.25) is 5.91 Å². The van der Waals surface area contributed by atoms with Gasteiger partial charge < -0.3 is 5.32 Å². The fourth-order valence-corrected chi connectivity index (χ4v) is 3.43. The van der Waals surface area contributed by atoms with Crippen molar-refractivity contribution in [3.8, 4) is 0 Å². The Morgan fingerprint density at radius 3 is 2.68 bits per heavy atom. The van der Waals surface area contributed by atoms with Crippen LogP contribution in [-0.2, 0) is 4.79 Å². The van der Waals surface area contributed by atoms with Crippen molar-refractivity contribution >= 4 is 22.8 Å². The molecule has 0 saturated carbocycles. The van der Waals surface area contributed by atoms with E-state index in [1.165, 1.54) is 0 Å². The fraction of sp³-hybridized carbons (Fsp3) is 0.467. The van der Waals surface area contributed by atoms with Crippen LogP contribution in [0.2, 0.25) is 0 Å². The lowest BCUT2D eigenvalue weighted by Gasteiger charge is -2.16. The Morgan fingerprint density at radius 2 is 2.05 bits per heavy atom. The molecular weight excluding hydrogens is 256 g/mol. The molecule has 1 aromatic rings. The van der Waals surface area contributed by atoms with Crippen LogP contribution in [-0.4, -0.2) is 15.8 Å². The molecule has 1 aliphatic heterocycles. The van der Waals surface area contributed by atoms with Crippen LogP contribution in [0.25, 0.3) is 0 Å². The molecule has 1 N–H and O–H groups in total. The number of amides is 1. The maximum absolute atomic E-state index is 12.0. The van der Waals surface area contributed by atoms with Gasteiger partial charge in [-0.15, -0.1) is 0 Å². The standard InChI is InChI=1S/C15H20N2OS/c1-4-10-15(3)13(18)17-14(19-15)16-11(2)12-8-6-5-7-9-12/h5-9,11H,4,10H2,1-3H3,(H,16,17,18)/t11-,15-/m0/s1. The van der Waals surface area contributed by atoms with Crippen LogP contribution in [0.5, 0.6) is 0 Å². The second kappa shape index (κ2) is 5.78. The Hall–Kier alpha value is -1.29. The molecule has 0 aliphatic carbocycles. The van der Waals surface area contributed by atoms with E-state index in [0.29, 0.717) is 0 Å². The number of hydrogen-bond acceptors (Lipinski definition) is 3. The molecule has 1 amide bonds. The van der Waals surface area contributed by atoms with Gasteiger partial charge in [0.1, 0.15) is 0 Å². The van der Waals surface area contributed by atoms with Crippen molar-refractivity contribution < 1.29 is 4.79 Å². The van der Waals surface area contributed by atoms with Gasteiger partial charge in [0.25, 0.3) is 0 Å². The lowest BCUT2D eigenvalue weighted by atomic mass is 10.0. The summed E-state index contributed by atoms with van der Waals surface area (Å²) < 4.78 is -0.357. The zero-order chi connectivity index (χ0) is 13.9. The first-order valence-corrected chi connectivity index (χ1v) is 7.50. The highest BCUT2D eigenvalue weighted by Gasteiger charge is 2.41. The summed E-state index contributed by atoms with van der Waals surface area (Å²) in [6, 6.07) is 10.2. The molecule has 2 atom stereocenters. The number of nitrogens with zero attached hydrogens (tertiary/aromatic N) is 1. The summed E-state index contributed by atoms with van der Waals surface area (Å²) in [5, 5.41) is 3.65. The van der Waals surface area contributed by atoms with Crippen molar-refractivity contribution in [2.45, 2.75) is 44.4 Å². The van der Waals surface area contributed by atoms with Crippen molar-refractivity contribution in [3.05, 3.63) is 35.9 Å². The van der Waals surface area contributed by atoms with Crippen LogP contribution in [0.3, 0.4) is 0 Å². The Kier molecular flexibility index (Phi) is 4.30. The third-order valence-electron chi connectivity index (χ3n) is 3.34. The number of carbonyl (C=O) groups is 1. The molecular formula is C15H20N2OS. The molecule has 1 heterocycles. The van der Waals surface area contributed by atoms with E-state index < -0.39 is 0 Å². The van der Waals surface area contributed by atoms with E-state index in [9.17, 15) is 4.79 Å². The van der Waals surface area contributed by atoms with E-state index in [1.807, 2.05) is 32.0 Å². The van der Waals surface area contributed by atoms with E-state index in [-0.39, 0.29) is 16.7 Å². The normalized spacial score (nSPS) is 26.5. The molecule has 4 heteroatoms. The Labute approximate surface area is 118 Å². The molecule has 0 radical (unpaired) electrons. The molecule has 3 nitrogen and oxygen atoms in total. The van der Waals surface area contributed by atoms with Gasteiger partial charge in [-0.2, -0.15) is 0 Å². The molecule has 1 aliphatic rings. The summed E-state index contributed by atoms with van der Waals surface area (Å²) in [7, 11) is 0. The first-order chi connectivity index (χ1) is 9.05. The number of nitrogens with one attached hydrogen (secondary N) is 1. The van der Waals surface area contributed by atoms with Gasteiger partial charge in [0.15, 0.2) is 5.17 Å². The summed E-state index contributed by atoms with van der Waals surface area (Å²) in [5.41, 5.74) is 1.16. The Balaban J connectivity index is 2.12. The zero-order valence-electron chi connectivity index (χ0n) is 11.6. The van der Waals surface area contributed by atoms with Crippen molar-refractivity contribution in [1.29, 1.82) is 0 Å². The van der Waals surface area contributed by atoms with Crippen LogP contribution in [0, 0.1) is 0 Å². The fourth-order valence-electron chi connectivity index (χ4n) is 2.20. The molecule has 2 rings (SSSR count). The van der Waals surface area contributed by atoms with Crippen molar-refractivity contribution in [3.63, 3.8) is 0 Å². The largest absolute Gasteiger partial charge is 0.304 e. The molecule has 1 aromatic carbocycles. The van der Waals surface area contributed by atoms with E-state index in [1.54, 1.807) is 11.8 Å². The maximum atomic E-state index is 12.0. The molecule has 0 unspecified atom stereocenters. The lowest BCUT2D eigenvalue weighted by molar-refractivity contribution is -0.121. The van der Waals surface area contributed by atoms with E-state index in [4.69, 9.17) is 0 Å². The van der Waals surface area contributed by atoms with E-state index >= 15 is 0 Å². The van der Waals surface area contributed by atoms with Crippen LogP contribution >= 0.6 is 11.8 Å². The van der Waals surface area contributed by atoms with E-state index in [0.717, 1.165) is 23.6 Å². The average molecular weight is 276 g/mol. The summed E-state index contributed by atoms with van der Waals surface area (Å²) in [5.74, 6) is 0.0818. The number of benzene rings is 1. The Morgan fingerprint density at radius 1 is 1.37 bits per heavy atom. The van der Waals surface area contributed by atoms with Gasteiger partial charge in [-0.1, -0.05) is 55.4 Å². The highest BCUT2D eigenvalue weighted by molar-refractivity contribution is 8.16. The molecule has 0 bridgehead atoms. The highest BCUT2D eigenvalue weighted by atomic mass is 32.2. The molecule has 0 spiro atoms. The SMILES string of the molecule is CCC[C@]1(C)SC(=N[C@@H](C)c2ccccc2)NC1=O. The Bertz CT molecular complexity index is 486. The second-order valence-corrected chi connectivity index (χ2v) is 6.55. The minimum atomic E-state index is -0.357. The van der Waals surface area contributed by atoms with Crippen LogP contribution in [0.15, 0.2) is 35.3 Å². The molecule has 102 valence electrons. The minimum Gasteiger partial charge on any atom is -0.304 e. The average Bonchev–Trinajstić information content (AvgIpc) is 2.66. The zero-order valence-corrected chi connectivity index (χ0v) is 12.5. The van der Waals surface area contributed by atoms with Gasteiger partial charge in [-0.3, -0.25) is 9.79 Å². The maximum Gasteiger partial charge on any atom is 0.242 e. The summed E-state index contributed by atoms with van der Waals surface area (Å²) in [6.07, 6.45) is 1.88. The van der Waals surface area contributed by atoms with Crippen LogP contribution in [0.4, 0.5) is 0 Å². The molecule has 1 fully saturated rings. The number of thioether (sulfide) groups is 1. The number of aliphatic imine (C=N–C) groups is 1. The third kappa shape index (κ3) is 3.18. The highest BCUT2D eigenvalue weighted by Crippen LogP contribution is 2.36. The number of carbonyl (C=O) groups excluding carboxylic acids is 1. The first kappa shape index (κ1) is 14.1. The van der Waals surface area contributed by atoms with Crippen molar-refractivity contribution in [2.24, 2.45) is 4.99 Å². The van der Waals surface area contributed by atoms with Crippen molar-refractivity contribution in [2.75, 3.05) is 0 Å². The van der Waals surface area contributed by atoms with Gasteiger partial charge >= 0.3 is 0 Å². The van der Waals surface area contributed by atoms with Gasteiger partial charge in [-0.05, 0) is 25.8 Å². The van der Waals surface area contributed by atoms with Gasteiger partial charge in [0, 0.05) is 0 Å². The number of rotatable bonds is 4. The lowest BCUT2D eigenvalue weighted by Crippen LogP contribution is -2.33. The first-order valence-electron chi connectivity index (χ1n) is 6.68. The number of amidine groups is 1. The second-order valence-electron chi connectivity index (χ2n) is 5.06. The monoisotopic (exact) mass is 276 g/mol. The minimum absolute atomic E-state index is 0.0629. The predicted molar refractivity (Wildman–Crippen MR) is 81.3 cm³/mol. The molecule has 0 aromatic heterocycles. The van der Waals surface area contributed by atoms with Gasteiger partial charge in [-0.25, -0.2) is 0 Å². The molecule has 19 heavy (non-hydrogen) atoms. The van der Waals surface area contributed by atoms with E-state index in [2.05, 4.69) is 29.4 Å². The van der Waals surface area contributed by atoms with Gasteiger partial charge in [0.05, 0.1) is 10.8 Å². The summed E-state index contributed by atoms with van der Waals surface area (Å²) >= 11 is 1.56. The smallest absolute Gasteiger partial charge is 0.242 e. The van der Waals surface area contributed by atoms with Crippen LogP contribution < -0.4 is 5.32 Å². The number of hydrogen-bond donors (Lipinski definition) is 1. The quantitative estimate of drug-likeness (QED) is 0.914. The summed E-state index contributed by atoms with van der Waals surface area (Å²) in [6.45, 7) is 6.14. The summed E-state index contributed by atoms with van der Waals surface area (Å²) in [4.78, 5) is 16.6. The topological polar surface area (TPSA) is 41.5 Å². The van der Waals surface area contributed by atoms with Crippen molar-refractivity contribution in [1.82, 2.24) is 5.32 Å². The van der Waals surface area contributed by atoms with Crippen LogP contribution in [0.1, 0.15) is 45.2 Å². The third-order valence-corrected chi connectivity index (χ3v) is 4.58. The molecule has 1 saturated heterocycles. The predicted octanol–water partition coefficient (Wildman–Crippen LogP) is 3.53.